The van der Waals surface area contributed by atoms with Gasteiger partial charge in [0.2, 0.25) is 0 Å². The first-order valence-electron chi connectivity index (χ1n) is 11.1. The molecule has 2 heterocycles. The number of benzene rings is 2. The molecule has 3 nitrogen and oxygen atoms in total. The van der Waals surface area contributed by atoms with Crippen molar-refractivity contribution in [2.45, 2.75) is 57.9 Å². The van der Waals surface area contributed by atoms with E-state index in [1.54, 1.807) is 0 Å². The van der Waals surface area contributed by atoms with Crippen LogP contribution >= 0.6 is 0 Å². The normalized spacial score (nSPS) is 28.6. The van der Waals surface area contributed by atoms with Crippen LogP contribution in [0.5, 0.6) is 0 Å². The minimum absolute atomic E-state index is 0.106. The van der Waals surface area contributed by atoms with Gasteiger partial charge in [-0.25, -0.2) is 0 Å². The van der Waals surface area contributed by atoms with Gasteiger partial charge in [0.1, 0.15) is 0 Å². The quantitative estimate of drug-likeness (QED) is 0.845. The van der Waals surface area contributed by atoms with Gasteiger partial charge in [0.15, 0.2) is 6.54 Å². The summed E-state index contributed by atoms with van der Waals surface area (Å²) in [5.74, 6) is 1.06. The zero-order chi connectivity index (χ0) is 20.6. The van der Waals surface area contributed by atoms with E-state index < -0.39 is 0 Å². The number of nitrogens with one attached hydrogen (secondary N) is 1. The number of piperidine rings is 1. The molecule has 2 aliphatic heterocycles. The Hall–Kier alpha value is -2.13. The highest BCUT2D eigenvalue weighted by molar-refractivity contribution is 5.97. The number of hydrogen-bond donors (Lipinski definition) is 1. The highest BCUT2D eigenvalue weighted by Gasteiger charge is 2.48. The Balaban J connectivity index is 1.70. The summed E-state index contributed by atoms with van der Waals surface area (Å²) in [5.41, 5.74) is 3.33. The van der Waals surface area contributed by atoms with Crippen molar-refractivity contribution < 1.29 is 9.69 Å². The van der Waals surface area contributed by atoms with E-state index in [2.05, 4.69) is 87.2 Å². The van der Waals surface area contributed by atoms with E-state index in [-0.39, 0.29) is 16.9 Å². The van der Waals surface area contributed by atoms with Gasteiger partial charge >= 0.3 is 0 Å². The van der Waals surface area contributed by atoms with Gasteiger partial charge in [0, 0.05) is 16.6 Å². The third kappa shape index (κ3) is 3.73. The summed E-state index contributed by atoms with van der Waals surface area (Å²) >= 11 is 0. The van der Waals surface area contributed by atoms with Crippen molar-refractivity contribution in [1.29, 1.82) is 0 Å². The van der Waals surface area contributed by atoms with Gasteiger partial charge in [-0.3, -0.25) is 4.79 Å². The molecule has 154 valence electrons. The number of hydrogen-bond acceptors (Lipinski definition) is 1. The van der Waals surface area contributed by atoms with Crippen LogP contribution in [0.4, 0.5) is 5.69 Å². The highest BCUT2D eigenvalue weighted by atomic mass is 16.2. The van der Waals surface area contributed by atoms with Gasteiger partial charge < -0.3 is 9.80 Å². The molecule has 1 atom stereocenters. The number of para-hydroxylation sites is 1. The van der Waals surface area contributed by atoms with E-state index >= 15 is 0 Å². The predicted octanol–water partition coefficient (Wildman–Crippen LogP) is 3.82. The van der Waals surface area contributed by atoms with Crippen molar-refractivity contribution in [1.82, 2.24) is 0 Å². The largest absolute Gasteiger partial charge is 0.327 e. The molecule has 0 saturated carbocycles. The number of fused-ring (bicyclic) bond motifs is 1. The Bertz CT molecular complexity index is 867. The maximum atomic E-state index is 13.6. The number of likely N-dealkylation sites (tertiary alicyclic amines) is 1. The van der Waals surface area contributed by atoms with Crippen LogP contribution in [0, 0.1) is 5.92 Å². The molecule has 0 aromatic heterocycles. The average molecular weight is 392 g/mol. The molecule has 0 unspecified atom stereocenters. The smallest absolute Gasteiger partial charge is 0.282 e. The van der Waals surface area contributed by atoms with E-state index in [1.165, 1.54) is 28.9 Å². The summed E-state index contributed by atoms with van der Waals surface area (Å²) in [6.45, 7) is 12.0. The maximum Gasteiger partial charge on any atom is 0.282 e. The van der Waals surface area contributed by atoms with Crippen LogP contribution in [0.15, 0.2) is 54.6 Å². The van der Waals surface area contributed by atoms with Crippen LogP contribution in [0.3, 0.4) is 0 Å². The van der Waals surface area contributed by atoms with E-state index in [9.17, 15) is 4.79 Å². The molecule has 2 aromatic carbocycles. The van der Waals surface area contributed by atoms with Crippen LogP contribution in [-0.4, -0.2) is 31.1 Å². The first-order chi connectivity index (χ1) is 13.8. The van der Waals surface area contributed by atoms with Crippen LogP contribution in [0.1, 0.15) is 58.1 Å². The summed E-state index contributed by atoms with van der Waals surface area (Å²) in [6, 6.07) is 19.3. The zero-order valence-electron chi connectivity index (χ0n) is 18.4. The minimum atomic E-state index is -0.238. The van der Waals surface area contributed by atoms with E-state index in [0.29, 0.717) is 6.54 Å². The first kappa shape index (κ1) is 20.2. The van der Waals surface area contributed by atoms with E-state index in [4.69, 9.17) is 0 Å². The highest BCUT2D eigenvalue weighted by Crippen LogP contribution is 2.50. The lowest BCUT2D eigenvalue weighted by atomic mass is 9.65. The molecule has 29 heavy (non-hydrogen) atoms. The summed E-state index contributed by atoms with van der Waals surface area (Å²) in [5, 5.41) is 0. The molecule has 0 aliphatic carbocycles. The molecule has 1 N–H and O–H groups in total. The lowest BCUT2D eigenvalue weighted by Gasteiger charge is -2.51. The maximum absolute atomic E-state index is 13.6. The Kier molecular flexibility index (Phi) is 5.29. The van der Waals surface area contributed by atoms with Crippen LogP contribution in [0.25, 0.3) is 0 Å². The third-order valence-electron chi connectivity index (χ3n) is 7.17. The Labute approximate surface area is 175 Å². The number of nitrogens with zero attached hydrogens (tertiary/aromatic N) is 1. The summed E-state index contributed by atoms with van der Waals surface area (Å²) in [4.78, 5) is 17.1. The van der Waals surface area contributed by atoms with Gasteiger partial charge in [-0.15, -0.1) is 0 Å². The third-order valence-corrected chi connectivity index (χ3v) is 7.17. The Morgan fingerprint density at radius 3 is 2.31 bits per heavy atom. The number of amides is 1. The molecule has 0 radical (unpaired) electrons. The lowest BCUT2D eigenvalue weighted by Crippen LogP contribution is -3.14. The average Bonchev–Trinajstić information content (AvgIpc) is 2.70. The zero-order valence-corrected chi connectivity index (χ0v) is 18.4. The molecule has 0 bridgehead atoms. The molecule has 3 heteroatoms. The predicted molar refractivity (Wildman–Crippen MR) is 119 cm³/mol. The van der Waals surface area contributed by atoms with Crippen LogP contribution < -0.4 is 9.80 Å². The molecule has 4 rings (SSSR count). The molecule has 1 amide bonds. The first-order valence-corrected chi connectivity index (χ1v) is 11.1. The van der Waals surface area contributed by atoms with Crippen LogP contribution in [-0.2, 0) is 10.2 Å². The van der Waals surface area contributed by atoms with Crippen molar-refractivity contribution in [3.63, 3.8) is 0 Å². The molecular weight excluding hydrogens is 356 g/mol. The van der Waals surface area contributed by atoms with Gasteiger partial charge in [0.25, 0.3) is 5.91 Å². The number of carbonyl (C=O) groups excluding carboxylic acids is 1. The van der Waals surface area contributed by atoms with Gasteiger partial charge in [0.05, 0.1) is 13.1 Å². The fraction of sp³-hybridized carbons (Fsp3) is 0.500. The second kappa shape index (κ2) is 7.60. The summed E-state index contributed by atoms with van der Waals surface area (Å²) in [7, 11) is 0. The molecule has 2 aromatic rings. The standard InChI is InChI=1S/C26H34N2O/c1-20-14-16-27(17-15-20)18-24(29)28-23-13-9-8-12-22(23)26(4,19-25(28,2)3)21-10-6-5-7-11-21/h5-13,20H,14-19H2,1-4H3/p+1/t26-/m1/s1. The monoisotopic (exact) mass is 391 g/mol. The SMILES string of the molecule is CC1CC[NH+](CC(=O)N2c3ccccc3[C@@](C)(c3ccccc3)CC2(C)C)CC1. The lowest BCUT2D eigenvalue weighted by molar-refractivity contribution is -0.898. The van der Waals surface area contributed by atoms with E-state index in [1.807, 2.05) is 0 Å². The summed E-state index contributed by atoms with van der Waals surface area (Å²) < 4.78 is 0. The van der Waals surface area contributed by atoms with Gasteiger partial charge in [-0.05, 0) is 56.2 Å². The van der Waals surface area contributed by atoms with Crippen LogP contribution in [0.2, 0.25) is 0 Å². The number of quaternary nitrogens is 1. The van der Waals surface area contributed by atoms with Gasteiger partial charge in [-0.1, -0.05) is 62.4 Å². The minimum Gasteiger partial charge on any atom is -0.327 e. The Morgan fingerprint density at radius 1 is 1.00 bits per heavy atom. The summed E-state index contributed by atoms with van der Waals surface area (Å²) in [6.07, 6.45) is 3.38. The van der Waals surface area contributed by atoms with E-state index in [0.717, 1.165) is 31.1 Å². The second-order valence-electron chi connectivity index (χ2n) is 10.0. The van der Waals surface area contributed by atoms with Crippen molar-refractivity contribution in [2.24, 2.45) is 5.92 Å². The van der Waals surface area contributed by atoms with Crippen molar-refractivity contribution >= 4 is 11.6 Å². The Morgan fingerprint density at radius 2 is 1.62 bits per heavy atom. The topological polar surface area (TPSA) is 24.8 Å². The van der Waals surface area contributed by atoms with Gasteiger partial charge in [-0.2, -0.15) is 0 Å². The second-order valence-corrected chi connectivity index (χ2v) is 10.0. The van der Waals surface area contributed by atoms with Crippen molar-refractivity contribution in [3.05, 3.63) is 65.7 Å². The fourth-order valence-electron chi connectivity index (χ4n) is 5.68. The molecule has 1 fully saturated rings. The number of anilines is 1. The van der Waals surface area contributed by atoms with Crippen molar-refractivity contribution in [2.75, 3.05) is 24.5 Å². The van der Waals surface area contributed by atoms with Crippen molar-refractivity contribution in [3.8, 4) is 0 Å². The number of carbonyl (C=O) groups is 1. The molecule has 0 spiro atoms. The molecular formula is C26H35N2O+. The molecule has 1 saturated heterocycles. The molecule has 2 aliphatic rings. The fourth-order valence-corrected chi connectivity index (χ4v) is 5.68. The number of rotatable bonds is 3.